The van der Waals surface area contributed by atoms with E-state index >= 15 is 0 Å². The number of halogens is 2. The van der Waals surface area contributed by atoms with Crippen LogP contribution in [0.15, 0.2) is 82.4 Å². The number of hydrogen-bond donors (Lipinski definition) is 2. The van der Waals surface area contributed by atoms with Crippen molar-refractivity contribution < 1.29 is 23.5 Å². The minimum absolute atomic E-state index is 0.239. The number of amides is 2. The number of hydrogen-bond acceptors (Lipinski definition) is 5. The summed E-state index contributed by atoms with van der Waals surface area (Å²) in [5, 5.41) is 6.22. The Bertz CT molecular complexity index is 1150. The van der Waals surface area contributed by atoms with E-state index in [-0.39, 0.29) is 12.1 Å². The maximum atomic E-state index is 12.9. The van der Waals surface area contributed by atoms with Crippen molar-refractivity contribution in [2.75, 3.05) is 6.54 Å². The maximum absolute atomic E-state index is 12.9. The Kier molecular flexibility index (Phi) is 7.82. The van der Waals surface area contributed by atoms with Crippen LogP contribution < -0.4 is 15.5 Å². The smallest absolute Gasteiger partial charge is 0.343 e. The van der Waals surface area contributed by atoms with Crippen LogP contribution in [0.3, 0.4) is 0 Å². The van der Waals surface area contributed by atoms with Gasteiger partial charge in [-0.1, -0.05) is 22.0 Å². The number of carbonyl (C=O) groups is 3. The molecule has 0 bridgehead atoms. The molecule has 3 aromatic carbocycles. The molecule has 0 radical (unpaired) electrons. The van der Waals surface area contributed by atoms with Gasteiger partial charge in [0, 0.05) is 10.0 Å². The molecular weight excluding hydrogens is 481 g/mol. The molecule has 0 aliphatic heterocycles. The highest BCUT2D eigenvalue weighted by atomic mass is 79.9. The summed E-state index contributed by atoms with van der Waals surface area (Å²) < 4.78 is 19.0. The third-order valence-corrected chi connectivity index (χ3v) is 4.56. The largest absolute Gasteiger partial charge is 0.423 e. The quantitative estimate of drug-likeness (QED) is 0.225. The maximum Gasteiger partial charge on any atom is 0.343 e. The molecule has 0 fully saturated rings. The highest BCUT2D eigenvalue weighted by Gasteiger charge is 2.09. The molecule has 0 unspecified atom stereocenters. The van der Waals surface area contributed by atoms with Gasteiger partial charge >= 0.3 is 5.97 Å². The average Bonchev–Trinajstić information content (AvgIpc) is 2.79. The normalized spacial score (nSPS) is 10.6. The van der Waals surface area contributed by atoms with Crippen molar-refractivity contribution in [3.05, 3.63) is 99.8 Å². The number of hydrazone groups is 1. The molecule has 2 N–H and O–H groups in total. The first-order chi connectivity index (χ1) is 15.4. The van der Waals surface area contributed by atoms with E-state index in [2.05, 4.69) is 31.8 Å². The fourth-order valence-electron chi connectivity index (χ4n) is 2.49. The fraction of sp³-hybridized carbons (Fsp3) is 0.0435. The van der Waals surface area contributed by atoms with Gasteiger partial charge in [0.2, 0.25) is 0 Å². The monoisotopic (exact) mass is 497 g/mol. The van der Waals surface area contributed by atoms with Gasteiger partial charge in [0.15, 0.2) is 0 Å². The molecule has 3 rings (SSSR count). The highest BCUT2D eigenvalue weighted by Crippen LogP contribution is 2.16. The van der Waals surface area contributed by atoms with Gasteiger partial charge in [0.1, 0.15) is 11.6 Å². The highest BCUT2D eigenvalue weighted by molar-refractivity contribution is 9.10. The minimum atomic E-state index is -0.531. The summed E-state index contributed by atoms with van der Waals surface area (Å²) in [6.07, 6.45) is 1.40. The standard InChI is InChI=1S/C23H17BrFN3O4/c24-18-3-1-2-17(12-18)23(31)32-20-10-4-15(5-11-20)13-27-28-21(29)14-26-22(30)16-6-8-19(25)9-7-16/h1-13H,14H2,(H,26,30)(H,28,29)/b27-13+. The zero-order valence-electron chi connectivity index (χ0n) is 16.5. The predicted molar refractivity (Wildman–Crippen MR) is 120 cm³/mol. The van der Waals surface area contributed by atoms with E-state index in [1.165, 1.54) is 18.3 Å². The van der Waals surface area contributed by atoms with Crippen LogP contribution in [0, 0.1) is 5.82 Å². The molecular formula is C23H17BrFN3O4. The van der Waals surface area contributed by atoms with Crippen molar-refractivity contribution in [2.24, 2.45) is 5.10 Å². The predicted octanol–water partition coefficient (Wildman–Crippen LogP) is 3.69. The summed E-state index contributed by atoms with van der Waals surface area (Å²) in [7, 11) is 0. The molecule has 0 saturated heterocycles. The van der Waals surface area contributed by atoms with Crippen LogP contribution in [0.4, 0.5) is 4.39 Å². The van der Waals surface area contributed by atoms with Gasteiger partial charge in [-0.05, 0) is 72.3 Å². The fourth-order valence-corrected chi connectivity index (χ4v) is 2.88. The molecule has 32 heavy (non-hydrogen) atoms. The molecule has 7 nitrogen and oxygen atoms in total. The van der Waals surface area contributed by atoms with Gasteiger partial charge in [-0.15, -0.1) is 0 Å². The number of nitrogens with zero attached hydrogens (tertiary/aromatic N) is 1. The van der Waals surface area contributed by atoms with E-state index in [4.69, 9.17) is 4.74 Å². The first kappa shape index (κ1) is 22.8. The summed E-state index contributed by atoms with van der Waals surface area (Å²) >= 11 is 3.30. The molecule has 0 spiro atoms. The van der Waals surface area contributed by atoms with Crippen LogP contribution in [0.1, 0.15) is 26.3 Å². The van der Waals surface area contributed by atoms with Crippen molar-refractivity contribution in [2.45, 2.75) is 0 Å². The Morgan fingerprint density at radius 1 is 0.969 bits per heavy atom. The van der Waals surface area contributed by atoms with Crippen molar-refractivity contribution in [3.63, 3.8) is 0 Å². The summed E-state index contributed by atoms with van der Waals surface area (Å²) in [6, 6.07) is 18.3. The van der Waals surface area contributed by atoms with Crippen molar-refractivity contribution in [1.82, 2.24) is 10.7 Å². The van der Waals surface area contributed by atoms with E-state index in [1.807, 2.05) is 6.07 Å². The van der Waals surface area contributed by atoms with Crippen LogP contribution >= 0.6 is 15.9 Å². The van der Waals surface area contributed by atoms with Crippen LogP contribution in [0.2, 0.25) is 0 Å². The van der Waals surface area contributed by atoms with Gasteiger partial charge in [0.05, 0.1) is 18.3 Å². The SMILES string of the molecule is O=C(CNC(=O)c1ccc(F)cc1)N/N=C/c1ccc(OC(=O)c2cccc(Br)c2)cc1. The molecule has 0 aliphatic carbocycles. The number of benzene rings is 3. The number of carbonyl (C=O) groups excluding carboxylic acids is 3. The van der Waals surface area contributed by atoms with Crippen LogP contribution in [0.25, 0.3) is 0 Å². The van der Waals surface area contributed by atoms with Gasteiger partial charge < -0.3 is 10.1 Å². The number of ether oxygens (including phenoxy) is 1. The van der Waals surface area contributed by atoms with Gasteiger partial charge in [-0.25, -0.2) is 14.6 Å². The number of nitrogens with one attached hydrogen (secondary N) is 2. The Balaban J connectivity index is 1.45. The van der Waals surface area contributed by atoms with Crippen molar-refractivity contribution in [1.29, 1.82) is 0 Å². The lowest BCUT2D eigenvalue weighted by Crippen LogP contribution is -2.34. The molecule has 2 amide bonds. The van der Waals surface area contributed by atoms with E-state index in [1.54, 1.807) is 42.5 Å². The van der Waals surface area contributed by atoms with Crippen molar-refractivity contribution >= 4 is 39.9 Å². The molecule has 0 aromatic heterocycles. The van der Waals surface area contributed by atoms with E-state index in [0.29, 0.717) is 16.9 Å². The molecule has 3 aromatic rings. The Morgan fingerprint density at radius 2 is 1.69 bits per heavy atom. The summed E-state index contributed by atoms with van der Waals surface area (Å²) in [4.78, 5) is 35.8. The van der Waals surface area contributed by atoms with Gasteiger partial charge in [-0.2, -0.15) is 5.10 Å². The first-order valence-corrected chi connectivity index (χ1v) is 10.1. The Labute approximate surface area is 191 Å². The van der Waals surface area contributed by atoms with Crippen molar-refractivity contribution in [3.8, 4) is 5.75 Å². The van der Waals surface area contributed by atoms with Crippen LogP contribution in [-0.4, -0.2) is 30.5 Å². The molecule has 0 atom stereocenters. The topological polar surface area (TPSA) is 96.9 Å². The van der Waals surface area contributed by atoms with Gasteiger partial charge in [0.25, 0.3) is 11.8 Å². The van der Waals surface area contributed by atoms with Crippen LogP contribution in [0.5, 0.6) is 5.75 Å². The van der Waals surface area contributed by atoms with Crippen LogP contribution in [-0.2, 0) is 4.79 Å². The lowest BCUT2D eigenvalue weighted by atomic mass is 10.2. The molecule has 0 aliphatic rings. The van der Waals surface area contributed by atoms with Gasteiger partial charge in [-0.3, -0.25) is 9.59 Å². The van der Waals surface area contributed by atoms with E-state index < -0.39 is 23.6 Å². The third-order valence-electron chi connectivity index (χ3n) is 4.07. The zero-order chi connectivity index (χ0) is 22.9. The molecule has 0 saturated carbocycles. The molecule has 9 heteroatoms. The number of rotatable bonds is 7. The first-order valence-electron chi connectivity index (χ1n) is 9.34. The van der Waals surface area contributed by atoms with E-state index in [0.717, 1.165) is 16.6 Å². The minimum Gasteiger partial charge on any atom is -0.423 e. The summed E-state index contributed by atoms with van der Waals surface area (Å²) in [5.74, 6) is -1.61. The summed E-state index contributed by atoms with van der Waals surface area (Å²) in [5.41, 5.74) is 3.60. The molecule has 162 valence electrons. The average molecular weight is 498 g/mol. The molecule has 0 heterocycles. The lowest BCUT2D eigenvalue weighted by Gasteiger charge is -2.05. The third kappa shape index (κ3) is 6.85. The Morgan fingerprint density at radius 3 is 2.38 bits per heavy atom. The summed E-state index contributed by atoms with van der Waals surface area (Å²) in [6.45, 7) is -0.294. The zero-order valence-corrected chi connectivity index (χ0v) is 18.1. The second-order valence-electron chi connectivity index (χ2n) is 6.45. The van der Waals surface area contributed by atoms with E-state index in [9.17, 15) is 18.8 Å². The number of esters is 1. The Hall–Kier alpha value is -3.85. The second-order valence-corrected chi connectivity index (χ2v) is 7.37. The lowest BCUT2D eigenvalue weighted by molar-refractivity contribution is -0.120. The second kappa shape index (κ2) is 11.0.